The highest BCUT2D eigenvalue weighted by molar-refractivity contribution is 8.13. The Morgan fingerprint density at radius 1 is 1.57 bits per heavy atom. The predicted octanol–water partition coefficient (Wildman–Crippen LogP) is 3.32. The van der Waals surface area contributed by atoms with Crippen LogP contribution in [-0.2, 0) is 4.74 Å². The summed E-state index contributed by atoms with van der Waals surface area (Å²) in [6.45, 7) is 1.84. The Morgan fingerprint density at radius 2 is 2.24 bits per heavy atom. The fourth-order valence-electron chi connectivity index (χ4n) is 1.42. The summed E-state index contributed by atoms with van der Waals surface area (Å²) in [4.78, 5) is 14.5. The van der Waals surface area contributed by atoms with Gasteiger partial charge in [-0.25, -0.2) is 4.99 Å². The highest BCUT2D eigenvalue weighted by atomic mass is 32.2. The number of nitro benzene ring substituents is 1. The smallest absolute Gasteiger partial charge is 0.298 e. The minimum atomic E-state index is -0.561. The van der Waals surface area contributed by atoms with Crippen molar-refractivity contribution in [1.82, 2.24) is 0 Å². The second kappa shape index (κ2) is 7.91. The maximum atomic E-state index is 10.9. The van der Waals surface area contributed by atoms with Gasteiger partial charge < -0.3 is 9.84 Å². The van der Waals surface area contributed by atoms with Crippen LogP contribution in [0.1, 0.15) is 6.92 Å². The third-order valence-electron chi connectivity index (χ3n) is 2.31. The summed E-state index contributed by atoms with van der Waals surface area (Å²) in [7, 11) is 0. The molecule has 8 heteroatoms. The van der Waals surface area contributed by atoms with Crippen molar-refractivity contribution in [3.8, 4) is 6.07 Å². The van der Waals surface area contributed by atoms with Gasteiger partial charge in [-0.2, -0.15) is 5.26 Å². The Bertz CT molecular complexity index is 635. The zero-order chi connectivity index (χ0) is 15.8. The summed E-state index contributed by atoms with van der Waals surface area (Å²) in [5.41, 5.74) is -0.247. The van der Waals surface area contributed by atoms with Crippen molar-refractivity contribution < 1.29 is 14.8 Å². The third kappa shape index (κ3) is 4.22. The summed E-state index contributed by atoms with van der Waals surface area (Å²) in [6.07, 6.45) is 1.64. The first-order valence-corrected chi connectivity index (χ1v) is 7.10. The molecule has 1 aromatic rings. The van der Waals surface area contributed by atoms with Crippen molar-refractivity contribution in [2.24, 2.45) is 4.99 Å². The lowest BCUT2D eigenvalue weighted by Gasteiger charge is -2.06. The number of para-hydroxylation sites is 2. The van der Waals surface area contributed by atoms with Gasteiger partial charge in [-0.1, -0.05) is 12.1 Å². The lowest BCUT2D eigenvalue weighted by atomic mass is 10.2. The normalized spacial score (nSPS) is 12.3. The van der Waals surface area contributed by atoms with Crippen LogP contribution in [0.5, 0.6) is 0 Å². The van der Waals surface area contributed by atoms with Gasteiger partial charge in [0, 0.05) is 6.07 Å². The first-order chi connectivity index (χ1) is 10.0. The minimum absolute atomic E-state index is 0.101. The number of thioether (sulfide) groups is 1. The van der Waals surface area contributed by atoms with E-state index in [2.05, 4.69) is 4.99 Å². The molecule has 0 saturated carbocycles. The van der Waals surface area contributed by atoms with E-state index in [0.29, 0.717) is 0 Å². The number of aliphatic imine (C=N–C) groups is 1. The number of aliphatic hydroxyl groups excluding tert-OH is 1. The standard InChI is InChI=1S/C13H13N3O4S/c1-3-20-13(17)9(8-14)12(21-2)15-10-6-4-5-7-11(10)16(18)19/h4-7,17H,3H2,1-2H3. The molecule has 0 amide bonds. The molecule has 0 unspecified atom stereocenters. The highest BCUT2D eigenvalue weighted by Gasteiger charge is 2.17. The van der Waals surface area contributed by atoms with Gasteiger partial charge in [-0.05, 0) is 19.2 Å². The molecule has 0 atom stereocenters. The second-order valence-corrected chi connectivity index (χ2v) is 4.39. The molecule has 0 aliphatic rings. The van der Waals surface area contributed by atoms with Gasteiger partial charge >= 0.3 is 0 Å². The number of benzene rings is 1. The fourth-order valence-corrected chi connectivity index (χ4v) is 1.95. The molecule has 0 radical (unpaired) electrons. The number of ether oxygens (including phenoxy) is 1. The number of nitriles is 1. The lowest BCUT2D eigenvalue weighted by Crippen LogP contribution is -2.03. The average molecular weight is 307 g/mol. The van der Waals surface area contributed by atoms with E-state index in [1.54, 1.807) is 25.3 Å². The van der Waals surface area contributed by atoms with Gasteiger partial charge in [0.1, 0.15) is 16.8 Å². The SMILES string of the molecule is CCOC(O)=C(C#N)C(=Nc1ccccc1[N+](=O)[O-])SC. The molecule has 21 heavy (non-hydrogen) atoms. The largest absolute Gasteiger partial charge is 0.480 e. The van der Waals surface area contributed by atoms with Crippen LogP contribution in [0.2, 0.25) is 0 Å². The maximum Gasteiger partial charge on any atom is 0.298 e. The first kappa shape index (κ1) is 16.5. The first-order valence-electron chi connectivity index (χ1n) is 5.87. The predicted molar refractivity (Wildman–Crippen MR) is 80.6 cm³/mol. The van der Waals surface area contributed by atoms with Crippen molar-refractivity contribution in [1.29, 1.82) is 5.26 Å². The molecule has 0 bridgehead atoms. The van der Waals surface area contributed by atoms with E-state index < -0.39 is 10.9 Å². The fraction of sp³-hybridized carbons (Fsp3) is 0.231. The number of rotatable bonds is 5. The van der Waals surface area contributed by atoms with E-state index in [0.717, 1.165) is 11.8 Å². The lowest BCUT2D eigenvalue weighted by molar-refractivity contribution is -0.384. The van der Waals surface area contributed by atoms with Crippen LogP contribution in [0, 0.1) is 21.4 Å². The zero-order valence-electron chi connectivity index (χ0n) is 11.4. The number of hydrogen-bond donors (Lipinski definition) is 1. The van der Waals surface area contributed by atoms with Gasteiger partial charge in [-0.3, -0.25) is 10.1 Å². The second-order valence-electron chi connectivity index (χ2n) is 3.59. The molecule has 0 aliphatic heterocycles. The molecule has 1 N–H and O–H groups in total. The zero-order valence-corrected chi connectivity index (χ0v) is 12.3. The summed E-state index contributed by atoms with van der Waals surface area (Å²) in [5.74, 6) is -0.549. The van der Waals surface area contributed by atoms with E-state index >= 15 is 0 Å². The summed E-state index contributed by atoms with van der Waals surface area (Å²) < 4.78 is 4.88. The maximum absolute atomic E-state index is 10.9. The van der Waals surface area contributed by atoms with Crippen molar-refractivity contribution >= 4 is 28.2 Å². The summed E-state index contributed by atoms with van der Waals surface area (Å²) in [6, 6.07) is 7.69. The van der Waals surface area contributed by atoms with Gasteiger partial charge in [0.25, 0.3) is 11.6 Å². The third-order valence-corrected chi connectivity index (χ3v) is 3.00. The number of nitro groups is 1. The molecule has 110 valence electrons. The molecule has 1 rings (SSSR count). The highest BCUT2D eigenvalue weighted by Crippen LogP contribution is 2.29. The number of hydrogen-bond acceptors (Lipinski definition) is 7. The Labute approximate surface area is 125 Å². The summed E-state index contributed by atoms with van der Waals surface area (Å²) in [5, 5.41) is 29.9. The molecule has 0 aromatic heterocycles. The van der Waals surface area contributed by atoms with Crippen LogP contribution < -0.4 is 0 Å². The average Bonchev–Trinajstić information content (AvgIpc) is 2.47. The topological polar surface area (TPSA) is 109 Å². The monoisotopic (exact) mass is 307 g/mol. The molecular weight excluding hydrogens is 294 g/mol. The molecule has 0 spiro atoms. The van der Waals surface area contributed by atoms with Gasteiger partial charge in [0.15, 0.2) is 5.57 Å². The number of aliphatic hydroxyl groups is 1. The van der Waals surface area contributed by atoms with E-state index in [9.17, 15) is 15.2 Å². The van der Waals surface area contributed by atoms with Crippen LogP contribution in [0.25, 0.3) is 0 Å². The molecular formula is C13H13N3O4S. The Hall–Kier alpha value is -2.53. The van der Waals surface area contributed by atoms with E-state index in [4.69, 9.17) is 10.00 Å². The molecule has 1 aromatic carbocycles. The Balaban J connectivity index is 3.37. The molecule has 0 heterocycles. The quantitative estimate of drug-likeness (QED) is 0.223. The van der Waals surface area contributed by atoms with Gasteiger partial charge in [0.05, 0.1) is 11.5 Å². The van der Waals surface area contributed by atoms with Crippen molar-refractivity contribution in [2.45, 2.75) is 6.92 Å². The molecule has 0 aliphatic carbocycles. The van der Waals surface area contributed by atoms with Crippen molar-refractivity contribution in [2.75, 3.05) is 12.9 Å². The minimum Gasteiger partial charge on any atom is -0.480 e. The number of nitrogens with zero attached hydrogens (tertiary/aromatic N) is 3. The van der Waals surface area contributed by atoms with Crippen molar-refractivity contribution in [3.05, 3.63) is 45.9 Å². The van der Waals surface area contributed by atoms with E-state index in [1.165, 1.54) is 18.2 Å². The van der Waals surface area contributed by atoms with Gasteiger partial charge in [0.2, 0.25) is 0 Å². The molecule has 0 fully saturated rings. The van der Waals surface area contributed by atoms with Crippen LogP contribution in [0.4, 0.5) is 11.4 Å². The van der Waals surface area contributed by atoms with E-state index in [1.807, 2.05) is 0 Å². The Kier molecular flexibility index (Phi) is 6.23. The summed E-state index contributed by atoms with van der Waals surface area (Å²) >= 11 is 1.08. The molecule has 7 nitrogen and oxygen atoms in total. The molecule has 0 saturated heterocycles. The van der Waals surface area contributed by atoms with Gasteiger partial charge in [-0.15, -0.1) is 11.8 Å². The van der Waals surface area contributed by atoms with Crippen molar-refractivity contribution in [3.63, 3.8) is 0 Å². The van der Waals surface area contributed by atoms with Crippen LogP contribution in [0.15, 0.2) is 40.8 Å². The van der Waals surface area contributed by atoms with Crippen LogP contribution >= 0.6 is 11.8 Å². The van der Waals surface area contributed by atoms with E-state index in [-0.39, 0.29) is 28.6 Å². The Morgan fingerprint density at radius 3 is 2.76 bits per heavy atom. The van der Waals surface area contributed by atoms with Crippen LogP contribution in [-0.4, -0.2) is 27.9 Å². The van der Waals surface area contributed by atoms with Crippen LogP contribution in [0.3, 0.4) is 0 Å².